The molecule has 0 spiro atoms. The third kappa shape index (κ3) is 3.22. The Kier molecular flexibility index (Phi) is 4.24. The average molecular weight is 377 g/mol. The van der Waals surface area contributed by atoms with E-state index < -0.39 is 0 Å². The van der Waals surface area contributed by atoms with Gasteiger partial charge in [-0.25, -0.2) is 24.3 Å². The minimum Gasteiger partial charge on any atom is -0.391 e. The van der Waals surface area contributed by atoms with Gasteiger partial charge in [0.15, 0.2) is 11.6 Å². The molecule has 6 nitrogen and oxygen atoms in total. The molecule has 2 aliphatic rings. The number of β-amino-alcohol motifs (C(OH)–C–C–N with tert-alkyl or cyclic N) is 1. The van der Waals surface area contributed by atoms with E-state index in [2.05, 4.69) is 19.9 Å². The van der Waals surface area contributed by atoms with Crippen LogP contribution in [0.4, 0.5) is 10.1 Å². The molecule has 0 radical (unpaired) electrons. The normalized spacial score (nSPS) is 23.8. The van der Waals surface area contributed by atoms with Crippen molar-refractivity contribution in [1.82, 2.24) is 19.9 Å². The Labute approximate surface area is 162 Å². The molecule has 3 atom stereocenters. The molecule has 0 amide bonds. The quantitative estimate of drug-likeness (QED) is 0.754. The standard InChI is InChI=1S/C21H20FN5O/c22-18-3-2-13(8-19(18)27-7-4-15(28)12-27)16-9-17(16)14-10-25-21(26-11-14)20-23-5-1-6-24-20/h1-3,5-6,8,10-11,15-17,28H,4,7,9,12H2/t15-,16?,17?/m0/s1. The molecule has 1 N–H and O–H groups in total. The van der Waals surface area contributed by atoms with Gasteiger partial charge in [-0.1, -0.05) is 6.07 Å². The minimum atomic E-state index is -0.374. The number of hydrogen-bond donors (Lipinski definition) is 1. The SMILES string of the molecule is O[C@H]1CCN(c2cc(C3CC3c3cnc(-c4ncccn4)nc3)ccc2F)C1. The predicted molar refractivity (Wildman–Crippen MR) is 102 cm³/mol. The summed E-state index contributed by atoms with van der Waals surface area (Å²) in [4.78, 5) is 19.1. The zero-order valence-electron chi connectivity index (χ0n) is 15.2. The van der Waals surface area contributed by atoms with Crippen molar-refractivity contribution in [3.05, 3.63) is 66.0 Å². The summed E-state index contributed by atoms with van der Waals surface area (Å²) in [6.07, 6.45) is 8.32. The van der Waals surface area contributed by atoms with Crippen LogP contribution in [0.15, 0.2) is 49.1 Å². The van der Waals surface area contributed by atoms with Crippen molar-refractivity contribution in [2.75, 3.05) is 18.0 Å². The highest BCUT2D eigenvalue weighted by Crippen LogP contribution is 2.55. The van der Waals surface area contributed by atoms with E-state index in [1.54, 1.807) is 18.5 Å². The molecule has 1 saturated heterocycles. The van der Waals surface area contributed by atoms with Gasteiger partial charge in [0.25, 0.3) is 0 Å². The van der Waals surface area contributed by atoms with Gasteiger partial charge in [0.1, 0.15) is 5.82 Å². The Morgan fingerprint density at radius 3 is 2.39 bits per heavy atom. The van der Waals surface area contributed by atoms with Crippen molar-refractivity contribution in [3.63, 3.8) is 0 Å². The molecule has 5 rings (SSSR count). The van der Waals surface area contributed by atoms with E-state index in [0.717, 1.165) is 17.5 Å². The summed E-state index contributed by atoms with van der Waals surface area (Å²) >= 11 is 0. The van der Waals surface area contributed by atoms with Crippen LogP contribution in [0, 0.1) is 5.82 Å². The molecule has 1 saturated carbocycles. The largest absolute Gasteiger partial charge is 0.391 e. The zero-order valence-corrected chi connectivity index (χ0v) is 15.2. The second kappa shape index (κ2) is 6.91. The number of aromatic nitrogens is 4. The van der Waals surface area contributed by atoms with Crippen LogP contribution in [0.5, 0.6) is 0 Å². The van der Waals surface area contributed by atoms with Gasteiger partial charge in [-0.05, 0) is 54.0 Å². The number of halogens is 1. The third-order valence-electron chi connectivity index (χ3n) is 5.56. The van der Waals surface area contributed by atoms with Crippen molar-refractivity contribution < 1.29 is 9.50 Å². The predicted octanol–water partition coefficient (Wildman–Crippen LogP) is 2.91. The van der Waals surface area contributed by atoms with Crippen LogP contribution >= 0.6 is 0 Å². The van der Waals surface area contributed by atoms with Crippen LogP contribution in [0.2, 0.25) is 0 Å². The van der Waals surface area contributed by atoms with E-state index in [0.29, 0.717) is 48.7 Å². The summed E-state index contributed by atoms with van der Waals surface area (Å²) in [6.45, 7) is 1.18. The number of aliphatic hydroxyl groups is 1. The van der Waals surface area contributed by atoms with Gasteiger partial charge in [-0.3, -0.25) is 0 Å². The number of rotatable bonds is 4. The van der Waals surface area contributed by atoms with Crippen molar-refractivity contribution in [2.45, 2.75) is 30.8 Å². The molecule has 0 bridgehead atoms. The molecular weight excluding hydrogens is 357 g/mol. The smallest absolute Gasteiger partial charge is 0.197 e. The van der Waals surface area contributed by atoms with Crippen molar-refractivity contribution in [1.29, 1.82) is 0 Å². The lowest BCUT2D eigenvalue weighted by Gasteiger charge is -2.19. The first-order valence-corrected chi connectivity index (χ1v) is 9.51. The van der Waals surface area contributed by atoms with Gasteiger partial charge in [-0.15, -0.1) is 0 Å². The van der Waals surface area contributed by atoms with Crippen LogP contribution in [0.3, 0.4) is 0 Å². The number of nitrogens with zero attached hydrogens (tertiary/aromatic N) is 5. The van der Waals surface area contributed by atoms with Gasteiger partial charge in [0.2, 0.25) is 0 Å². The Morgan fingerprint density at radius 1 is 0.964 bits per heavy atom. The monoisotopic (exact) mass is 377 g/mol. The molecule has 2 fully saturated rings. The van der Waals surface area contributed by atoms with Gasteiger partial charge in [-0.2, -0.15) is 0 Å². The number of anilines is 1. The summed E-state index contributed by atoms with van der Waals surface area (Å²) in [5.41, 5.74) is 2.79. The van der Waals surface area contributed by atoms with E-state index in [1.807, 2.05) is 29.4 Å². The first-order chi connectivity index (χ1) is 13.7. The number of benzene rings is 1. The van der Waals surface area contributed by atoms with Crippen LogP contribution in [0.25, 0.3) is 11.6 Å². The summed E-state index contributed by atoms with van der Waals surface area (Å²) in [5, 5.41) is 9.75. The van der Waals surface area contributed by atoms with E-state index in [-0.39, 0.29) is 11.9 Å². The Balaban J connectivity index is 1.33. The first-order valence-electron chi connectivity index (χ1n) is 9.51. The molecular formula is C21H20FN5O. The van der Waals surface area contributed by atoms with Crippen LogP contribution in [-0.4, -0.2) is 44.2 Å². The fourth-order valence-corrected chi connectivity index (χ4v) is 3.95. The fraction of sp³-hybridized carbons (Fsp3) is 0.333. The van der Waals surface area contributed by atoms with Gasteiger partial charge in [0.05, 0.1) is 11.8 Å². The summed E-state index contributed by atoms with van der Waals surface area (Å²) in [5.74, 6) is 1.48. The lowest BCUT2D eigenvalue weighted by molar-refractivity contribution is 0.198. The minimum absolute atomic E-state index is 0.231. The Hall–Kier alpha value is -2.93. The fourth-order valence-electron chi connectivity index (χ4n) is 3.95. The maximum absolute atomic E-state index is 14.3. The van der Waals surface area contributed by atoms with E-state index in [4.69, 9.17) is 0 Å². The topological polar surface area (TPSA) is 75.0 Å². The number of hydrogen-bond acceptors (Lipinski definition) is 6. The number of aliphatic hydroxyl groups excluding tert-OH is 1. The molecule has 3 heterocycles. The molecule has 2 aromatic heterocycles. The van der Waals surface area contributed by atoms with Gasteiger partial charge >= 0.3 is 0 Å². The highest BCUT2D eigenvalue weighted by atomic mass is 19.1. The van der Waals surface area contributed by atoms with Crippen molar-refractivity contribution in [2.24, 2.45) is 0 Å². The molecule has 1 aliphatic carbocycles. The average Bonchev–Trinajstić information content (AvgIpc) is 3.42. The second-order valence-corrected chi connectivity index (χ2v) is 7.46. The van der Waals surface area contributed by atoms with E-state index in [9.17, 15) is 9.50 Å². The Bertz CT molecular complexity index is 982. The maximum atomic E-state index is 14.3. The molecule has 1 aromatic carbocycles. The first kappa shape index (κ1) is 17.2. The van der Waals surface area contributed by atoms with Crippen LogP contribution in [-0.2, 0) is 0 Å². The highest BCUT2D eigenvalue weighted by molar-refractivity contribution is 5.53. The van der Waals surface area contributed by atoms with Gasteiger partial charge in [0, 0.05) is 37.9 Å². The summed E-state index contributed by atoms with van der Waals surface area (Å²) in [7, 11) is 0. The van der Waals surface area contributed by atoms with Gasteiger partial charge < -0.3 is 10.0 Å². The molecule has 2 unspecified atom stereocenters. The summed E-state index contributed by atoms with van der Waals surface area (Å²) in [6, 6.07) is 7.09. The van der Waals surface area contributed by atoms with Crippen LogP contribution < -0.4 is 4.90 Å². The third-order valence-corrected chi connectivity index (χ3v) is 5.56. The molecule has 28 heavy (non-hydrogen) atoms. The van der Waals surface area contributed by atoms with Crippen LogP contribution in [0.1, 0.15) is 35.8 Å². The van der Waals surface area contributed by atoms with Crippen molar-refractivity contribution in [3.8, 4) is 11.6 Å². The molecule has 3 aromatic rings. The van der Waals surface area contributed by atoms with E-state index in [1.165, 1.54) is 6.07 Å². The van der Waals surface area contributed by atoms with E-state index >= 15 is 0 Å². The maximum Gasteiger partial charge on any atom is 0.197 e. The highest BCUT2D eigenvalue weighted by Gasteiger charge is 2.40. The lowest BCUT2D eigenvalue weighted by Crippen LogP contribution is -2.22. The van der Waals surface area contributed by atoms with Crippen molar-refractivity contribution >= 4 is 5.69 Å². The zero-order chi connectivity index (χ0) is 19.1. The Morgan fingerprint density at radius 2 is 1.68 bits per heavy atom. The molecule has 142 valence electrons. The summed E-state index contributed by atoms with van der Waals surface area (Å²) < 4.78 is 14.3. The molecule has 1 aliphatic heterocycles. The molecule has 7 heteroatoms. The lowest BCUT2D eigenvalue weighted by atomic mass is 10.1. The second-order valence-electron chi connectivity index (χ2n) is 7.46.